The van der Waals surface area contributed by atoms with Crippen molar-refractivity contribution in [1.82, 2.24) is 0 Å². The molecule has 1 nitrogen and oxygen atoms in total. The van der Waals surface area contributed by atoms with Crippen LogP contribution < -0.4 is 5.73 Å². The Hall–Kier alpha value is -0.0100. The van der Waals surface area contributed by atoms with E-state index in [9.17, 15) is 0 Å². The topological polar surface area (TPSA) is 26.0 Å². The van der Waals surface area contributed by atoms with Crippen molar-refractivity contribution in [2.24, 2.45) is 5.73 Å². The second-order valence-corrected chi connectivity index (χ2v) is 2.13. The van der Waals surface area contributed by atoms with Gasteiger partial charge in [0.05, 0.1) is 0 Å². The quantitative estimate of drug-likeness (QED) is 0.498. The summed E-state index contributed by atoms with van der Waals surface area (Å²) in [4.78, 5) is 0. The molecular weight excluding hydrogens is 122 g/mol. The van der Waals surface area contributed by atoms with E-state index in [0.717, 1.165) is 6.42 Å². The van der Waals surface area contributed by atoms with E-state index in [1.54, 1.807) is 0 Å². The van der Waals surface area contributed by atoms with Gasteiger partial charge in [-0.15, -0.1) is 12.4 Å². The fraction of sp³-hybridized carbons (Fsp3) is 0.667. The molecular formula is C6H12ClN. The van der Waals surface area contributed by atoms with E-state index >= 15 is 0 Å². The minimum Gasteiger partial charge on any atom is -0.324 e. The molecule has 1 unspecified atom stereocenters. The third-order valence-corrected chi connectivity index (χ3v) is 1.53. The zero-order valence-electron chi connectivity index (χ0n) is 5.05. The molecule has 1 rings (SSSR count). The van der Waals surface area contributed by atoms with Crippen molar-refractivity contribution in [3.63, 3.8) is 0 Å². The molecule has 0 amide bonds. The number of nitrogens with two attached hydrogens (primary N) is 1. The van der Waals surface area contributed by atoms with Crippen molar-refractivity contribution in [1.29, 1.82) is 0 Å². The van der Waals surface area contributed by atoms with Crippen LogP contribution in [0, 0.1) is 0 Å². The monoisotopic (exact) mass is 133 g/mol. The molecule has 2 heteroatoms. The summed E-state index contributed by atoms with van der Waals surface area (Å²) in [5.74, 6) is 0. The lowest BCUT2D eigenvalue weighted by Gasteiger charge is -1.99. The molecule has 48 valence electrons. The van der Waals surface area contributed by atoms with Crippen LogP contribution in [0.25, 0.3) is 0 Å². The van der Waals surface area contributed by atoms with Gasteiger partial charge in [-0.05, 0) is 19.8 Å². The first-order valence-corrected chi connectivity index (χ1v) is 2.73. The molecule has 8 heavy (non-hydrogen) atoms. The molecule has 0 saturated carbocycles. The van der Waals surface area contributed by atoms with Gasteiger partial charge in [-0.2, -0.15) is 0 Å². The van der Waals surface area contributed by atoms with E-state index in [4.69, 9.17) is 5.73 Å². The number of rotatable bonds is 0. The summed E-state index contributed by atoms with van der Waals surface area (Å²) in [6, 6.07) is 0.375. The van der Waals surface area contributed by atoms with Crippen LogP contribution in [-0.4, -0.2) is 6.04 Å². The Morgan fingerprint density at radius 2 is 2.38 bits per heavy atom. The maximum Gasteiger partial charge on any atom is 0.0253 e. The SMILES string of the molecule is CC1=CCCC1N.Cl. The lowest BCUT2D eigenvalue weighted by molar-refractivity contribution is 0.752. The molecule has 1 aliphatic carbocycles. The maximum atomic E-state index is 5.61. The number of hydrogen-bond acceptors (Lipinski definition) is 1. The minimum absolute atomic E-state index is 0. The van der Waals surface area contributed by atoms with E-state index < -0.39 is 0 Å². The van der Waals surface area contributed by atoms with Crippen LogP contribution in [0.3, 0.4) is 0 Å². The van der Waals surface area contributed by atoms with Gasteiger partial charge in [-0.1, -0.05) is 11.6 Å². The summed E-state index contributed by atoms with van der Waals surface area (Å²) in [5.41, 5.74) is 6.97. The minimum atomic E-state index is 0. The normalized spacial score (nSPS) is 26.8. The first kappa shape index (κ1) is 7.99. The van der Waals surface area contributed by atoms with Gasteiger partial charge in [0.15, 0.2) is 0 Å². The lowest BCUT2D eigenvalue weighted by atomic mass is 10.2. The number of allylic oxidation sites excluding steroid dienone is 1. The molecule has 1 atom stereocenters. The van der Waals surface area contributed by atoms with Crippen molar-refractivity contribution >= 4 is 12.4 Å². The highest BCUT2D eigenvalue weighted by atomic mass is 35.5. The first-order valence-electron chi connectivity index (χ1n) is 2.73. The molecule has 2 N–H and O–H groups in total. The van der Waals surface area contributed by atoms with E-state index in [2.05, 4.69) is 13.0 Å². The predicted molar refractivity (Wildman–Crippen MR) is 38.2 cm³/mol. The van der Waals surface area contributed by atoms with Gasteiger partial charge in [0.25, 0.3) is 0 Å². The van der Waals surface area contributed by atoms with Crippen LogP contribution in [0.5, 0.6) is 0 Å². The third-order valence-electron chi connectivity index (χ3n) is 1.53. The summed E-state index contributed by atoms with van der Waals surface area (Å²) in [6.45, 7) is 2.09. The third kappa shape index (κ3) is 1.49. The van der Waals surface area contributed by atoms with E-state index in [1.165, 1.54) is 12.0 Å². The molecule has 0 aromatic carbocycles. The van der Waals surface area contributed by atoms with Gasteiger partial charge in [0, 0.05) is 6.04 Å². The van der Waals surface area contributed by atoms with Gasteiger partial charge in [-0.25, -0.2) is 0 Å². The number of halogens is 1. The first-order chi connectivity index (χ1) is 3.30. The Labute approximate surface area is 56.4 Å². The molecule has 0 spiro atoms. The Bertz CT molecular complexity index is 98.7. The summed E-state index contributed by atoms with van der Waals surface area (Å²) in [6.07, 6.45) is 4.56. The molecule has 0 aromatic heterocycles. The van der Waals surface area contributed by atoms with Crippen LogP contribution in [0.2, 0.25) is 0 Å². The fourth-order valence-electron chi connectivity index (χ4n) is 0.870. The average molecular weight is 134 g/mol. The fourth-order valence-corrected chi connectivity index (χ4v) is 0.870. The molecule has 0 aliphatic heterocycles. The summed E-state index contributed by atoms with van der Waals surface area (Å²) < 4.78 is 0. The van der Waals surface area contributed by atoms with Crippen molar-refractivity contribution < 1.29 is 0 Å². The summed E-state index contributed by atoms with van der Waals surface area (Å²) >= 11 is 0. The van der Waals surface area contributed by atoms with Crippen LogP contribution in [0.4, 0.5) is 0 Å². The standard InChI is InChI=1S/C6H11N.ClH/c1-5-3-2-4-6(5)7;/h3,6H,2,4,7H2,1H3;1H. The number of hydrogen-bond donors (Lipinski definition) is 1. The van der Waals surface area contributed by atoms with Crippen LogP contribution in [-0.2, 0) is 0 Å². The molecule has 0 heterocycles. The summed E-state index contributed by atoms with van der Waals surface area (Å²) in [5, 5.41) is 0. The van der Waals surface area contributed by atoms with E-state index in [1.807, 2.05) is 0 Å². The largest absolute Gasteiger partial charge is 0.324 e. The Balaban J connectivity index is 0.000000490. The van der Waals surface area contributed by atoms with Crippen molar-refractivity contribution in [3.05, 3.63) is 11.6 Å². The zero-order chi connectivity index (χ0) is 5.28. The highest BCUT2D eigenvalue weighted by molar-refractivity contribution is 5.85. The zero-order valence-corrected chi connectivity index (χ0v) is 5.87. The van der Waals surface area contributed by atoms with Gasteiger partial charge in [0.2, 0.25) is 0 Å². The second-order valence-electron chi connectivity index (χ2n) is 2.13. The Morgan fingerprint density at radius 1 is 1.75 bits per heavy atom. The molecule has 0 aromatic rings. The maximum absolute atomic E-state index is 5.61. The average Bonchev–Trinajstić information content (AvgIpc) is 1.91. The summed E-state index contributed by atoms with van der Waals surface area (Å²) in [7, 11) is 0. The predicted octanol–water partition coefficient (Wildman–Crippen LogP) is 1.48. The smallest absolute Gasteiger partial charge is 0.0253 e. The van der Waals surface area contributed by atoms with Crippen LogP contribution in [0.15, 0.2) is 11.6 Å². The molecule has 0 fully saturated rings. The van der Waals surface area contributed by atoms with E-state index in [-0.39, 0.29) is 12.4 Å². The van der Waals surface area contributed by atoms with Gasteiger partial charge >= 0.3 is 0 Å². The van der Waals surface area contributed by atoms with Gasteiger partial charge < -0.3 is 5.73 Å². The highest BCUT2D eigenvalue weighted by Crippen LogP contribution is 2.14. The molecule has 0 saturated heterocycles. The lowest BCUT2D eigenvalue weighted by Crippen LogP contribution is -2.16. The second kappa shape index (κ2) is 3.10. The van der Waals surface area contributed by atoms with Crippen molar-refractivity contribution in [2.75, 3.05) is 0 Å². The van der Waals surface area contributed by atoms with Crippen LogP contribution >= 0.6 is 12.4 Å². The Morgan fingerprint density at radius 3 is 2.50 bits per heavy atom. The van der Waals surface area contributed by atoms with Gasteiger partial charge in [-0.3, -0.25) is 0 Å². The highest BCUT2D eigenvalue weighted by Gasteiger charge is 2.08. The van der Waals surface area contributed by atoms with Crippen LogP contribution in [0.1, 0.15) is 19.8 Å². The molecule has 0 radical (unpaired) electrons. The molecule has 1 aliphatic rings. The van der Waals surface area contributed by atoms with Gasteiger partial charge in [0.1, 0.15) is 0 Å². The molecule has 0 bridgehead atoms. The van der Waals surface area contributed by atoms with Crippen molar-refractivity contribution in [2.45, 2.75) is 25.8 Å². The Kier molecular flexibility index (Phi) is 3.10. The van der Waals surface area contributed by atoms with E-state index in [0.29, 0.717) is 6.04 Å². The van der Waals surface area contributed by atoms with Crippen molar-refractivity contribution in [3.8, 4) is 0 Å².